The molecule has 2 heterocycles. The summed E-state index contributed by atoms with van der Waals surface area (Å²) in [6, 6.07) is 3.13. The van der Waals surface area contributed by atoms with Crippen molar-refractivity contribution in [3.63, 3.8) is 0 Å². The summed E-state index contributed by atoms with van der Waals surface area (Å²) in [5.41, 5.74) is -0.00406. The lowest BCUT2D eigenvalue weighted by atomic mass is 10.2. The number of halogens is 2. The van der Waals surface area contributed by atoms with Crippen molar-refractivity contribution in [1.82, 2.24) is 10.3 Å². The number of carbonyl (C=O) groups is 1. The lowest BCUT2D eigenvalue weighted by Gasteiger charge is -2.27. The van der Waals surface area contributed by atoms with Crippen molar-refractivity contribution >= 4 is 39.3 Å². The van der Waals surface area contributed by atoms with E-state index in [-0.39, 0.29) is 21.7 Å². The molecule has 2 aromatic rings. The maximum Gasteiger partial charge on any atom is 0.445 e. The van der Waals surface area contributed by atoms with E-state index in [0.29, 0.717) is 0 Å². The number of rotatable bonds is 3. The van der Waals surface area contributed by atoms with Crippen LogP contribution in [0.25, 0.3) is 0 Å². The number of urea groups is 1. The van der Waals surface area contributed by atoms with E-state index in [1.54, 1.807) is 0 Å². The first kappa shape index (κ1) is 13.3. The van der Waals surface area contributed by atoms with Gasteiger partial charge in [0, 0.05) is 0 Å². The van der Waals surface area contributed by atoms with Gasteiger partial charge in [0.2, 0.25) is 0 Å². The number of amides is 2. The van der Waals surface area contributed by atoms with Gasteiger partial charge < -0.3 is 10.1 Å². The Bertz CT molecular complexity index is 804. The van der Waals surface area contributed by atoms with Crippen LogP contribution in [0, 0.1) is 15.9 Å². The molecule has 1 aliphatic rings. The lowest BCUT2D eigenvalue weighted by Crippen LogP contribution is -2.45. The molecule has 0 aliphatic carbocycles. The van der Waals surface area contributed by atoms with E-state index in [4.69, 9.17) is 0 Å². The number of aromatic nitrogens is 2. The molecule has 11 heteroatoms. The Kier molecular flexibility index (Phi) is 2.97. The number of aliphatic imine (C=N–C) groups is 1. The smallest absolute Gasteiger partial charge is 0.358 e. The molecule has 1 aromatic carbocycles. The van der Waals surface area contributed by atoms with Crippen LogP contribution in [0.15, 0.2) is 32.3 Å². The van der Waals surface area contributed by atoms with Gasteiger partial charge in [-0.2, -0.15) is 4.99 Å². The Balaban J connectivity index is 2.03. The van der Waals surface area contributed by atoms with Gasteiger partial charge in [0.25, 0.3) is 5.69 Å². The van der Waals surface area contributed by atoms with E-state index in [0.717, 1.165) is 11.0 Å². The van der Waals surface area contributed by atoms with Crippen LogP contribution in [-0.4, -0.2) is 27.1 Å². The molecular weight excluding hydrogens is 353 g/mol. The molecule has 2 amide bonds. The summed E-state index contributed by atoms with van der Waals surface area (Å²) in [6.45, 7) is 0. The van der Waals surface area contributed by atoms with Gasteiger partial charge >= 0.3 is 11.8 Å². The highest BCUT2D eigenvalue weighted by Gasteiger charge is 2.40. The Morgan fingerprint density at radius 3 is 2.76 bits per heavy atom. The summed E-state index contributed by atoms with van der Waals surface area (Å²) < 4.78 is 17.6. The Hall–Kier alpha value is -2.69. The highest BCUT2D eigenvalue weighted by Crippen LogP contribution is 2.30. The Labute approximate surface area is 123 Å². The number of nitrogens with zero attached hydrogens (tertiary/aromatic N) is 5. The summed E-state index contributed by atoms with van der Waals surface area (Å²) in [5, 5.41) is 17.3. The summed E-state index contributed by atoms with van der Waals surface area (Å²) in [4.78, 5) is 26.1. The second-order valence-electron chi connectivity index (χ2n) is 3.85. The summed E-state index contributed by atoms with van der Waals surface area (Å²) in [6.07, 6.45) is 0. The minimum absolute atomic E-state index is 0.0912. The fraction of sp³-hybridized carbons (Fsp3) is 0. The van der Waals surface area contributed by atoms with E-state index in [1.165, 1.54) is 12.1 Å². The molecule has 0 fully saturated rings. The lowest BCUT2D eigenvalue weighted by molar-refractivity contribution is -0.391. The molecule has 0 saturated carbocycles. The quantitative estimate of drug-likeness (QED) is 0.615. The highest BCUT2D eigenvalue weighted by molar-refractivity contribution is 9.10. The van der Waals surface area contributed by atoms with Crippen molar-refractivity contribution in [2.75, 3.05) is 4.90 Å². The Morgan fingerprint density at radius 1 is 1.38 bits per heavy atom. The summed E-state index contributed by atoms with van der Waals surface area (Å²) in [7, 11) is 0. The van der Waals surface area contributed by atoms with Crippen molar-refractivity contribution in [3.05, 3.63) is 44.3 Å². The van der Waals surface area contributed by atoms with E-state index in [2.05, 4.69) is 35.9 Å². The van der Waals surface area contributed by atoms with Crippen LogP contribution in [-0.2, 0) is 0 Å². The van der Waals surface area contributed by atoms with Crippen molar-refractivity contribution < 1.29 is 18.7 Å². The minimum atomic E-state index is -0.810. The normalized spacial score (nSPS) is 13.9. The second-order valence-corrected chi connectivity index (χ2v) is 4.70. The van der Waals surface area contributed by atoms with Crippen molar-refractivity contribution in [1.29, 1.82) is 0 Å². The monoisotopic (exact) mass is 355 g/mol. The molecule has 106 valence electrons. The van der Waals surface area contributed by atoms with Crippen LogP contribution in [0.1, 0.15) is 5.69 Å². The molecule has 0 unspecified atom stereocenters. The van der Waals surface area contributed by atoms with E-state index in [9.17, 15) is 19.3 Å². The van der Waals surface area contributed by atoms with E-state index in [1.807, 2.05) is 0 Å². The molecule has 9 nitrogen and oxygen atoms in total. The molecule has 0 radical (unpaired) electrons. The number of benzene rings is 1. The van der Waals surface area contributed by atoms with E-state index < -0.39 is 22.6 Å². The maximum atomic E-state index is 13.2. The molecule has 0 spiro atoms. The van der Waals surface area contributed by atoms with Gasteiger partial charge in [-0.3, -0.25) is 0 Å². The third-order valence-corrected chi connectivity index (χ3v) is 3.23. The van der Waals surface area contributed by atoms with Crippen LogP contribution in [0.2, 0.25) is 0 Å². The molecular formula is C10H3BrFN5O4. The number of anilines is 1. The van der Waals surface area contributed by atoms with Gasteiger partial charge in [-0.25, -0.2) is 14.1 Å². The number of amidine groups is 1. The summed E-state index contributed by atoms with van der Waals surface area (Å²) >= 11 is 2.99. The second kappa shape index (κ2) is 4.70. The average Bonchev–Trinajstić information content (AvgIpc) is 2.89. The number of hydrogen-bond acceptors (Lipinski definition) is 6. The molecule has 3 rings (SSSR count). The minimum Gasteiger partial charge on any atom is -0.358 e. The molecule has 0 atom stereocenters. The van der Waals surface area contributed by atoms with Crippen LogP contribution in [0.5, 0.6) is 0 Å². The van der Waals surface area contributed by atoms with Crippen LogP contribution < -0.4 is 4.90 Å². The zero-order valence-corrected chi connectivity index (χ0v) is 11.4. The molecule has 21 heavy (non-hydrogen) atoms. The van der Waals surface area contributed by atoms with Gasteiger partial charge in [0.1, 0.15) is 5.82 Å². The molecule has 1 aromatic heterocycles. The SMILES string of the molecule is O=C1N=C(c2nonc2[N+](=O)[O-])N1c1ccc(F)c(Br)c1. The molecule has 0 saturated heterocycles. The largest absolute Gasteiger partial charge is 0.445 e. The standard InChI is InChI=1S/C10H3BrFN5O4/c11-5-3-4(1-2-6(5)12)16-8(13-10(16)18)7-9(17(19)20)15-21-14-7/h1-3H. The van der Waals surface area contributed by atoms with Gasteiger partial charge in [-0.05, 0) is 44.2 Å². The molecule has 0 bridgehead atoms. The van der Waals surface area contributed by atoms with Crippen LogP contribution in [0.3, 0.4) is 0 Å². The number of carbonyl (C=O) groups excluding carboxylic acids is 1. The van der Waals surface area contributed by atoms with Gasteiger partial charge in [0.05, 0.1) is 10.2 Å². The first-order valence-electron chi connectivity index (χ1n) is 5.34. The third-order valence-electron chi connectivity index (χ3n) is 2.62. The zero-order valence-electron chi connectivity index (χ0n) is 9.86. The molecule has 0 N–H and O–H groups in total. The number of hydrogen-bond donors (Lipinski definition) is 0. The Morgan fingerprint density at radius 2 is 2.14 bits per heavy atom. The van der Waals surface area contributed by atoms with Crippen LogP contribution >= 0.6 is 15.9 Å². The molecule has 1 aliphatic heterocycles. The fourth-order valence-corrected chi connectivity index (χ4v) is 2.06. The topological polar surface area (TPSA) is 115 Å². The predicted molar refractivity (Wildman–Crippen MR) is 69.5 cm³/mol. The van der Waals surface area contributed by atoms with Gasteiger partial charge in [-0.1, -0.05) is 0 Å². The zero-order chi connectivity index (χ0) is 15.1. The van der Waals surface area contributed by atoms with Crippen molar-refractivity contribution in [2.45, 2.75) is 0 Å². The van der Waals surface area contributed by atoms with Gasteiger partial charge in [-0.15, -0.1) is 4.63 Å². The highest BCUT2D eigenvalue weighted by atomic mass is 79.9. The summed E-state index contributed by atoms with van der Waals surface area (Å²) in [5.74, 6) is -1.27. The van der Waals surface area contributed by atoms with E-state index >= 15 is 0 Å². The first-order valence-corrected chi connectivity index (χ1v) is 6.13. The third kappa shape index (κ3) is 2.07. The van der Waals surface area contributed by atoms with Gasteiger partial charge in [0.15, 0.2) is 11.0 Å². The van der Waals surface area contributed by atoms with Crippen LogP contribution in [0.4, 0.5) is 20.7 Å². The van der Waals surface area contributed by atoms with Crippen molar-refractivity contribution in [2.24, 2.45) is 4.99 Å². The fourth-order valence-electron chi connectivity index (χ4n) is 1.70. The maximum absolute atomic E-state index is 13.2. The number of nitro groups is 1. The average molecular weight is 356 g/mol. The predicted octanol–water partition coefficient (Wildman–Crippen LogP) is 2.27. The van der Waals surface area contributed by atoms with Crippen molar-refractivity contribution in [3.8, 4) is 0 Å². The first-order chi connectivity index (χ1) is 9.99.